The van der Waals surface area contributed by atoms with E-state index < -0.39 is 0 Å². The first kappa shape index (κ1) is 16.4. The monoisotopic (exact) mass is 329 g/mol. The van der Waals surface area contributed by atoms with Crippen LogP contribution in [-0.4, -0.2) is 44.2 Å². The van der Waals surface area contributed by atoms with Crippen LogP contribution < -0.4 is 10.2 Å². The molecule has 0 aliphatic carbocycles. The van der Waals surface area contributed by atoms with Crippen molar-refractivity contribution in [1.29, 1.82) is 0 Å². The lowest BCUT2D eigenvalue weighted by atomic mass is 10.0. The Balaban J connectivity index is 1.99. The van der Waals surface area contributed by atoms with Gasteiger partial charge in [-0.25, -0.2) is 9.97 Å². The van der Waals surface area contributed by atoms with E-state index in [0.29, 0.717) is 30.5 Å². The van der Waals surface area contributed by atoms with Crippen LogP contribution in [0.4, 0.5) is 5.82 Å². The summed E-state index contributed by atoms with van der Waals surface area (Å²) in [6, 6.07) is 0. The lowest BCUT2D eigenvalue weighted by molar-refractivity contribution is 0.0940. The maximum atomic E-state index is 12.2. The summed E-state index contributed by atoms with van der Waals surface area (Å²) in [6.07, 6.45) is 3.16. The molecule has 0 saturated heterocycles. The van der Waals surface area contributed by atoms with Crippen molar-refractivity contribution in [2.75, 3.05) is 18.5 Å². The minimum Gasteiger partial charge on any atom is -0.352 e. The van der Waals surface area contributed by atoms with Crippen molar-refractivity contribution < 1.29 is 4.79 Å². The van der Waals surface area contributed by atoms with Crippen molar-refractivity contribution >= 4 is 11.7 Å². The number of hydrogen-bond acceptors (Lipinski definition) is 6. The molecule has 1 aliphatic heterocycles. The zero-order valence-electron chi connectivity index (χ0n) is 14.6. The van der Waals surface area contributed by atoms with E-state index in [4.69, 9.17) is 4.98 Å². The molecule has 2 aromatic rings. The zero-order valence-corrected chi connectivity index (χ0v) is 14.6. The van der Waals surface area contributed by atoms with Gasteiger partial charge in [-0.15, -0.1) is 10.2 Å². The first-order valence-electron chi connectivity index (χ1n) is 8.17. The van der Waals surface area contributed by atoms with Crippen molar-refractivity contribution in [1.82, 2.24) is 30.0 Å². The fraction of sp³-hybridized carbons (Fsp3) is 0.562. The van der Waals surface area contributed by atoms with Gasteiger partial charge < -0.3 is 14.8 Å². The number of anilines is 1. The summed E-state index contributed by atoms with van der Waals surface area (Å²) in [5.41, 5.74) is 1.42. The third kappa shape index (κ3) is 3.22. The van der Waals surface area contributed by atoms with Crippen molar-refractivity contribution in [2.45, 2.75) is 33.2 Å². The number of aryl methyl sites for hydroxylation is 1. The number of rotatable bonds is 5. The predicted octanol–water partition coefficient (Wildman–Crippen LogP) is 0.726. The number of aromatic nitrogens is 5. The molecule has 2 aromatic heterocycles. The second kappa shape index (κ2) is 6.54. The molecule has 0 atom stereocenters. The Labute approximate surface area is 141 Å². The van der Waals surface area contributed by atoms with Gasteiger partial charge in [-0.3, -0.25) is 4.79 Å². The molecular weight excluding hydrogens is 306 g/mol. The molecule has 0 unspecified atom stereocenters. The highest BCUT2D eigenvalue weighted by molar-refractivity contribution is 5.96. The van der Waals surface area contributed by atoms with Gasteiger partial charge in [-0.2, -0.15) is 0 Å². The van der Waals surface area contributed by atoms with Crippen LogP contribution in [0.5, 0.6) is 0 Å². The summed E-state index contributed by atoms with van der Waals surface area (Å²) in [5.74, 6) is 2.67. The molecule has 0 spiro atoms. The van der Waals surface area contributed by atoms with Gasteiger partial charge in [0.15, 0.2) is 5.82 Å². The number of nitrogens with zero attached hydrogens (tertiary/aromatic N) is 6. The number of carbonyl (C=O) groups is 1. The first-order valence-corrected chi connectivity index (χ1v) is 8.17. The number of nitrogens with one attached hydrogen (secondary N) is 1. The normalized spacial score (nSPS) is 13.8. The van der Waals surface area contributed by atoms with Crippen molar-refractivity contribution in [3.63, 3.8) is 0 Å². The average Bonchev–Trinajstić information content (AvgIpc) is 2.92. The molecule has 1 N–H and O–H groups in total. The van der Waals surface area contributed by atoms with Crippen LogP contribution in [0.3, 0.4) is 0 Å². The highest BCUT2D eigenvalue weighted by Crippen LogP contribution is 2.24. The molecule has 128 valence electrons. The maximum Gasteiger partial charge on any atom is 0.270 e. The third-order valence-electron chi connectivity index (χ3n) is 4.04. The third-order valence-corrected chi connectivity index (χ3v) is 4.04. The minimum atomic E-state index is -0.114. The number of fused-ring (bicyclic) bond motifs is 1. The van der Waals surface area contributed by atoms with Crippen molar-refractivity contribution in [3.8, 4) is 0 Å². The molecule has 1 amide bonds. The summed E-state index contributed by atoms with van der Waals surface area (Å²) in [4.78, 5) is 23.5. The standard InChI is InChI=1S/C16H23N7O/c1-10(2)7-12-19-14-11(5-6-17-16(14)24)15(20-12)22(3)8-13-21-18-9-23(13)4/h9-10H,5-8H2,1-4H3,(H,17,24). The maximum absolute atomic E-state index is 12.2. The van der Waals surface area contributed by atoms with Crippen LogP contribution in [0.25, 0.3) is 0 Å². The van der Waals surface area contributed by atoms with Gasteiger partial charge in [0.1, 0.15) is 23.7 Å². The van der Waals surface area contributed by atoms with E-state index in [1.165, 1.54) is 0 Å². The van der Waals surface area contributed by atoms with E-state index in [1.54, 1.807) is 6.33 Å². The molecule has 24 heavy (non-hydrogen) atoms. The fourth-order valence-corrected chi connectivity index (χ4v) is 2.83. The van der Waals surface area contributed by atoms with E-state index in [1.807, 2.05) is 23.6 Å². The first-order chi connectivity index (χ1) is 11.5. The predicted molar refractivity (Wildman–Crippen MR) is 89.7 cm³/mol. The molecule has 0 aromatic carbocycles. The lowest BCUT2D eigenvalue weighted by Crippen LogP contribution is -2.35. The van der Waals surface area contributed by atoms with E-state index in [9.17, 15) is 4.79 Å². The Bertz CT molecular complexity index is 753. The van der Waals surface area contributed by atoms with Gasteiger partial charge in [0.25, 0.3) is 5.91 Å². The van der Waals surface area contributed by atoms with Gasteiger partial charge in [-0.05, 0) is 12.3 Å². The fourth-order valence-electron chi connectivity index (χ4n) is 2.83. The molecular formula is C16H23N7O. The van der Waals surface area contributed by atoms with E-state index in [0.717, 1.165) is 30.0 Å². The lowest BCUT2D eigenvalue weighted by Gasteiger charge is -2.25. The van der Waals surface area contributed by atoms with Crippen LogP contribution in [0.15, 0.2) is 6.33 Å². The molecule has 3 rings (SSSR count). The minimum absolute atomic E-state index is 0.114. The van der Waals surface area contributed by atoms with Crippen LogP contribution in [0.1, 0.15) is 41.5 Å². The number of carbonyl (C=O) groups excluding carboxylic acids is 1. The molecule has 0 bridgehead atoms. The summed E-state index contributed by atoms with van der Waals surface area (Å²) >= 11 is 0. The number of amides is 1. The van der Waals surface area contributed by atoms with Gasteiger partial charge in [-0.1, -0.05) is 13.8 Å². The Kier molecular flexibility index (Phi) is 4.46. The van der Waals surface area contributed by atoms with Crippen molar-refractivity contribution in [2.24, 2.45) is 13.0 Å². The van der Waals surface area contributed by atoms with Crippen LogP contribution >= 0.6 is 0 Å². The van der Waals surface area contributed by atoms with E-state index in [-0.39, 0.29) is 5.91 Å². The molecule has 0 saturated carbocycles. The van der Waals surface area contributed by atoms with Gasteiger partial charge in [0.05, 0.1) is 6.54 Å². The largest absolute Gasteiger partial charge is 0.352 e. The van der Waals surface area contributed by atoms with E-state index in [2.05, 4.69) is 34.3 Å². The van der Waals surface area contributed by atoms with Gasteiger partial charge >= 0.3 is 0 Å². The Morgan fingerprint density at radius 2 is 2.17 bits per heavy atom. The highest BCUT2D eigenvalue weighted by atomic mass is 16.1. The molecule has 0 fully saturated rings. The molecule has 8 heteroatoms. The Morgan fingerprint density at radius 3 is 2.83 bits per heavy atom. The van der Waals surface area contributed by atoms with Crippen LogP contribution in [-0.2, 0) is 26.4 Å². The van der Waals surface area contributed by atoms with Crippen LogP contribution in [0.2, 0.25) is 0 Å². The topological polar surface area (TPSA) is 88.8 Å². The quantitative estimate of drug-likeness (QED) is 0.870. The van der Waals surface area contributed by atoms with Crippen molar-refractivity contribution in [3.05, 3.63) is 29.2 Å². The Hall–Kier alpha value is -2.51. The second-order valence-electron chi connectivity index (χ2n) is 6.61. The average molecular weight is 329 g/mol. The molecule has 3 heterocycles. The van der Waals surface area contributed by atoms with Gasteiger partial charge in [0, 0.05) is 32.6 Å². The smallest absolute Gasteiger partial charge is 0.270 e. The van der Waals surface area contributed by atoms with Crippen LogP contribution in [0, 0.1) is 5.92 Å². The van der Waals surface area contributed by atoms with Gasteiger partial charge in [0.2, 0.25) is 0 Å². The second-order valence-corrected chi connectivity index (χ2v) is 6.61. The molecule has 8 nitrogen and oxygen atoms in total. The summed E-state index contributed by atoms with van der Waals surface area (Å²) in [5, 5.41) is 10.9. The number of hydrogen-bond donors (Lipinski definition) is 1. The SMILES string of the molecule is CC(C)Cc1nc2c(c(N(C)Cc3nncn3C)n1)CCNC2=O. The summed E-state index contributed by atoms with van der Waals surface area (Å²) < 4.78 is 1.88. The summed E-state index contributed by atoms with van der Waals surface area (Å²) in [7, 11) is 3.87. The highest BCUT2D eigenvalue weighted by Gasteiger charge is 2.25. The molecule has 1 aliphatic rings. The zero-order chi connectivity index (χ0) is 17.3. The summed E-state index contributed by atoms with van der Waals surface area (Å²) in [6.45, 7) is 5.42. The van der Waals surface area contributed by atoms with E-state index >= 15 is 0 Å². The molecule has 0 radical (unpaired) electrons. The Morgan fingerprint density at radius 1 is 1.38 bits per heavy atom.